The molecule has 0 unspecified atom stereocenters. The molecule has 1 aliphatic carbocycles. The fourth-order valence-corrected chi connectivity index (χ4v) is 4.50. The number of aryl methyl sites for hydroxylation is 2. The van der Waals surface area contributed by atoms with Crippen molar-refractivity contribution in [3.05, 3.63) is 40.8 Å². The number of carbonyl (C=O) groups is 1. The third-order valence-corrected chi connectivity index (χ3v) is 6.64. The molecule has 2 aromatic rings. The number of amides is 1. The minimum Gasteiger partial charge on any atom is -0.398 e. The number of nitrogen functional groups attached to an aromatic ring is 1. The molecule has 0 spiro atoms. The van der Waals surface area contributed by atoms with Gasteiger partial charge in [-0.05, 0) is 51.3 Å². The molecule has 1 amide bonds. The van der Waals surface area contributed by atoms with Crippen LogP contribution in [0.5, 0.6) is 0 Å². The maximum absolute atomic E-state index is 12.7. The average Bonchev–Trinajstić information content (AvgIpc) is 3.31. The van der Waals surface area contributed by atoms with E-state index >= 15 is 0 Å². The van der Waals surface area contributed by atoms with Crippen molar-refractivity contribution in [2.24, 2.45) is 0 Å². The minimum absolute atomic E-state index is 0.0268. The van der Waals surface area contributed by atoms with Crippen LogP contribution in [0.3, 0.4) is 0 Å². The first-order valence-electron chi connectivity index (χ1n) is 8.81. The van der Waals surface area contributed by atoms with Crippen molar-refractivity contribution in [1.82, 2.24) is 15.2 Å². The van der Waals surface area contributed by atoms with Gasteiger partial charge in [0.1, 0.15) is 5.76 Å². The zero-order chi connectivity index (χ0) is 19.8. The summed E-state index contributed by atoms with van der Waals surface area (Å²) in [5.74, 6) is 0.164. The normalized spacial score (nSPS) is 15.5. The Balaban J connectivity index is 1.79. The standard InChI is InChI=1S/C18H24N4O4S/c1-4-18(7-8-18)22-27(24,25)13-5-6-16(19)14(9-13)17(23)20-10-15-11(2)21-26-12(15)3/h5-6,9,22H,4,7-8,10,19H2,1-3H3,(H,20,23). The molecule has 27 heavy (non-hydrogen) atoms. The molecular formula is C18H24N4O4S. The highest BCUT2D eigenvalue weighted by molar-refractivity contribution is 7.89. The average molecular weight is 392 g/mol. The number of nitrogens with one attached hydrogen (secondary N) is 2. The summed E-state index contributed by atoms with van der Waals surface area (Å²) >= 11 is 0. The van der Waals surface area contributed by atoms with Crippen LogP contribution in [-0.2, 0) is 16.6 Å². The van der Waals surface area contributed by atoms with Gasteiger partial charge in [0.2, 0.25) is 10.0 Å². The predicted octanol–water partition coefficient (Wildman–Crippen LogP) is 2.02. The van der Waals surface area contributed by atoms with Gasteiger partial charge >= 0.3 is 0 Å². The number of benzene rings is 1. The quantitative estimate of drug-likeness (QED) is 0.619. The van der Waals surface area contributed by atoms with Crippen LogP contribution in [0.25, 0.3) is 0 Å². The van der Waals surface area contributed by atoms with E-state index in [-0.39, 0.29) is 28.2 Å². The zero-order valence-electron chi connectivity index (χ0n) is 15.6. The number of hydrogen-bond donors (Lipinski definition) is 3. The van der Waals surface area contributed by atoms with E-state index in [1.54, 1.807) is 13.8 Å². The molecule has 1 aromatic carbocycles. The molecule has 0 atom stereocenters. The van der Waals surface area contributed by atoms with E-state index in [2.05, 4.69) is 15.2 Å². The summed E-state index contributed by atoms with van der Waals surface area (Å²) in [7, 11) is -3.72. The Kier molecular flexibility index (Phi) is 5.00. The lowest BCUT2D eigenvalue weighted by atomic mass is 10.1. The van der Waals surface area contributed by atoms with Gasteiger partial charge in [0.15, 0.2) is 0 Å². The molecule has 0 aliphatic heterocycles. The van der Waals surface area contributed by atoms with Crippen molar-refractivity contribution < 1.29 is 17.7 Å². The molecule has 9 heteroatoms. The summed E-state index contributed by atoms with van der Waals surface area (Å²) in [6, 6.07) is 4.16. The van der Waals surface area contributed by atoms with Gasteiger partial charge in [-0.2, -0.15) is 0 Å². The van der Waals surface area contributed by atoms with Crippen LogP contribution in [0, 0.1) is 13.8 Å². The summed E-state index contributed by atoms with van der Waals surface area (Å²) in [6.07, 6.45) is 2.37. The van der Waals surface area contributed by atoms with Gasteiger partial charge in [-0.15, -0.1) is 0 Å². The Morgan fingerprint density at radius 1 is 1.33 bits per heavy atom. The minimum atomic E-state index is -3.72. The Hall–Kier alpha value is -2.39. The zero-order valence-corrected chi connectivity index (χ0v) is 16.4. The van der Waals surface area contributed by atoms with E-state index in [9.17, 15) is 13.2 Å². The second-order valence-corrected chi connectivity index (χ2v) is 8.66. The highest BCUT2D eigenvalue weighted by atomic mass is 32.2. The monoisotopic (exact) mass is 392 g/mol. The number of anilines is 1. The van der Waals surface area contributed by atoms with Crippen LogP contribution < -0.4 is 15.8 Å². The molecular weight excluding hydrogens is 368 g/mol. The first-order valence-corrected chi connectivity index (χ1v) is 10.3. The van der Waals surface area contributed by atoms with Gasteiger partial charge in [-0.3, -0.25) is 4.79 Å². The fraction of sp³-hybridized carbons (Fsp3) is 0.444. The van der Waals surface area contributed by atoms with Crippen LogP contribution in [-0.4, -0.2) is 25.0 Å². The lowest BCUT2D eigenvalue weighted by Gasteiger charge is -2.16. The summed E-state index contributed by atoms with van der Waals surface area (Å²) < 4.78 is 33.1. The number of nitrogens with zero attached hydrogens (tertiary/aromatic N) is 1. The summed E-state index contributed by atoms with van der Waals surface area (Å²) in [6.45, 7) is 5.71. The fourth-order valence-electron chi connectivity index (χ4n) is 2.94. The van der Waals surface area contributed by atoms with Crippen molar-refractivity contribution in [2.75, 3.05) is 5.73 Å². The molecule has 4 N–H and O–H groups in total. The molecule has 1 aliphatic rings. The largest absolute Gasteiger partial charge is 0.398 e. The van der Waals surface area contributed by atoms with Gasteiger partial charge in [0, 0.05) is 23.3 Å². The lowest BCUT2D eigenvalue weighted by molar-refractivity contribution is 0.0951. The summed E-state index contributed by atoms with van der Waals surface area (Å²) in [5, 5.41) is 6.58. The van der Waals surface area contributed by atoms with Crippen LogP contribution in [0.1, 0.15) is 53.6 Å². The Morgan fingerprint density at radius 3 is 2.59 bits per heavy atom. The number of aromatic nitrogens is 1. The van der Waals surface area contributed by atoms with Crippen molar-refractivity contribution >= 4 is 21.6 Å². The molecule has 3 rings (SSSR count). The number of hydrogen-bond acceptors (Lipinski definition) is 6. The second-order valence-electron chi connectivity index (χ2n) is 6.97. The molecule has 146 valence electrons. The second kappa shape index (κ2) is 6.97. The van der Waals surface area contributed by atoms with Gasteiger partial charge < -0.3 is 15.6 Å². The third kappa shape index (κ3) is 3.98. The maximum Gasteiger partial charge on any atom is 0.253 e. The molecule has 0 radical (unpaired) electrons. The van der Waals surface area contributed by atoms with Crippen LogP contribution in [0.2, 0.25) is 0 Å². The van der Waals surface area contributed by atoms with Gasteiger partial charge in [0.05, 0.1) is 16.2 Å². The van der Waals surface area contributed by atoms with E-state index in [4.69, 9.17) is 10.3 Å². The van der Waals surface area contributed by atoms with Gasteiger partial charge in [-0.1, -0.05) is 12.1 Å². The Bertz CT molecular complexity index is 958. The SMILES string of the molecule is CCC1(NS(=O)(=O)c2ccc(N)c(C(=O)NCc3c(C)noc3C)c2)CC1. The van der Waals surface area contributed by atoms with Crippen molar-refractivity contribution in [3.63, 3.8) is 0 Å². The molecule has 1 aromatic heterocycles. The Morgan fingerprint density at radius 2 is 2.04 bits per heavy atom. The molecule has 1 saturated carbocycles. The van der Waals surface area contributed by atoms with Crippen LogP contribution >= 0.6 is 0 Å². The molecule has 1 fully saturated rings. The van der Waals surface area contributed by atoms with E-state index in [0.29, 0.717) is 11.5 Å². The predicted molar refractivity (Wildman–Crippen MR) is 101 cm³/mol. The highest BCUT2D eigenvalue weighted by Gasteiger charge is 2.44. The molecule has 0 bridgehead atoms. The summed E-state index contributed by atoms with van der Waals surface area (Å²) in [5.41, 5.74) is 7.35. The number of rotatable bonds is 7. The van der Waals surface area contributed by atoms with E-state index in [1.807, 2.05) is 6.92 Å². The number of nitrogens with two attached hydrogens (primary N) is 1. The first kappa shape index (κ1) is 19.4. The Labute approximate surface area is 158 Å². The number of sulfonamides is 1. The van der Waals surface area contributed by atoms with Crippen LogP contribution in [0.15, 0.2) is 27.6 Å². The van der Waals surface area contributed by atoms with Crippen molar-refractivity contribution in [1.29, 1.82) is 0 Å². The van der Waals surface area contributed by atoms with E-state index in [0.717, 1.165) is 24.8 Å². The molecule has 8 nitrogen and oxygen atoms in total. The lowest BCUT2D eigenvalue weighted by Crippen LogP contribution is -2.36. The number of carbonyl (C=O) groups excluding carboxylic acids is 1. The van der Waals surface area contributed by atoms with Gasteiger partial charge in [0.25, 0.3) is 5.91 Å². The van der Waals surface area contributed by atoms with Crippen molar-refractivity contribution in [2.45, 2.75) is 57.0 Å². The smallest absolute Gasteiger partial charge is 0.253 e. The molecule has 0 saturated heterocycles. The molecule has 1 heterocycles. The van der Waals surface area contributed by atoms with Gasteiger partial charge in [-0.25, -0.2) is 13.1 Å². The first-order chi connectivity index (χ1) is 12.7. The van der Waals surface area contributed by atoms with E-state index < -0.39 is 15.9 Å². The summed E-state index contributed by atoms with van der Waals surface area (Å²) in [4.78, 5) is 12.6. The maximum atomic E-state index is 12.7. The van der Waals surface area contributed by atoms with Crippen LogP contribution in [0.4, 0.5) is 5.69 Å². The van der Waals surface area contributed by atoms with Crippen molar-refractivity contribution in [3.8, 4) is 0 Å². The third-order valence-electron chi connectivity index (χ3n) is 5.07. The van der Waals surface area contributed by atoms with E-state index in [1.165, 1.54) is 18.2 Å². The highest BCUT2D eigenvalue weighted by Crippen LogP contribution is 2.39. The topological polar surface area (TPSA) is 127 Å².